The van der Waals surface area contributed by atoms with E-state index in [1.165, 1.54) is 149 Å². The van der Waals surface area contributed by atoms with Gasteiger partial charge in [-0.25, -0.2) is 0 Å². The van der Waals surface area contributed by atoms with Crippen LogP contribution in [-0.2, 0) is 16.2 Å². The van der Waals surface area contributed by atoms with E-state index in [9.17, 15) is 0 Å². The van der Waals surface area contributed by atoms with Crippen LogP contribution in [0.4, 0.5) is 11.4 Å². The molecule has 1 N–H and O–H groups in total. The molecule has 11 aromatic carbocycles. The fourth-order valence-corrected chi connectivity index (χ4v) is 13.7. The number of hydrogen-bond donors (Lipinski definition) is 1. The molecule has 0 aromatic heterocycles. The second kappa shape index (κ2) is 15.3. The molecule has 0 spiro atoms. The molecular weight excluding hydrogens is 879 g/mol. The van der Waals surface area contributed by atoms with Crippen molar-refractivity contribution in [2.75, 3.05) is 5.32 Å². The molecule has 0 saturated carbocycles. The maximum absolute atomic E-state index is 3.88. The first-order valence-electron chi connectivity index (χ1n) is 26.2. The summed E-state index contributed by atoms with van der Waals surface area (Å²) in [6, 6.07) is 72.1. The lowest BCUT2D eigenvalue weighted by Gasteiger charge is -2.25. The third kappa shape index (κ3) is 6.28. The van der Waals surface area contributed by atoms with Gasteiger partial charge in [0.15, 0.2) is 0 Å². The Morgan fingerprint density at radius 2 is 0.740 bits per heavy atom. The number of rotatable bonds is 5. The first-order valence-corrected chi connectivity index (χ1v) is 26.2. The third-order valence-electron chi connectivity index (χ3n) is 17.7. The van der Waals surface area contributed by atoms with Crippen molar-refractivity contribution in [2.24, 2.45) is 0 Å². The van der Waals surface area contributed by atoms with E-state index in [1.807, 2.05) is 0 Å². The fourth-order valence-electron chi connectivity index (χ4n) is 13.7. The smallest absolute Gasteiger partial charge is 0.0387 e. The van der Waals surface area contributed by atoms with Crippen LogP contribution in [0.15, 0.2) is 188 Å². The largest absolute Gasteiger partial charge is 0.356 e. The first-order chi connectivity index (χ1) is 35.2. The number of benzene rings is 11. The Balaban J connectivity index is 0.852. The molecule has 0 atom stereocenters. The molecule has 352 valence electrons. The zero-order valence-corrected chi connectivity index (χ0v) is 43.4. The highest BCUT2D eigenvalue weighted by Gasteiger charge is 2.40. The van der Waals surface area contributed by atoms with Crippen LogP contribution < -0.4 is 5.32 Å². The van der Waals surface area contributed by atoms with E-state index in [1.54, 1.807) is 0 Å². The summed E-state index contributed by atoms with van der Waals surface area (Å²) in [5.41, 5.74) is 29.6. The molecule has 11 aromatic rings. The molecule has 3 aliphatic rings. The normalized spacial score (nSPS) is 15.0. The molecule has 0 fully saturated rings. The van der Waals surface area contributed by atoms with Gasteiger partial charge < -0.3 is 5.32 Å². The quantitative estimate of drug-likeness (QED) is 0.181. The Labute approximate surface area is 430 Å². The molecule has 0 amide bonds. The Bertz CT molecular complexity index is 4230. The van der Waals surface area contributed by atoms with Crippen molar-refractivity contribution in [2.45, 2.75) is 78.6 Å². The maximum Gasteiger partial charge on any atom is 0.0387 e. The minimum Gasteiger partial charge on any atom is -0.356 e. The van der Waals surface area contributed by atoms with Gasteiger partial charge in [-0.1, -0.05) is 186 Å². The van der Waals surface area contributed by atoms with Crippen LogP contribution >= 0.6 is 0 Å². The summed E-state index contributed by atoms with van der Waals surface area (Å²) in [6.45, 7) is 21.1. The summed E-state index contributed by atoms with van der Waals surface area (Å²) < 4.78 is 0. The average molecular weight is 938 g/mol. The van der Waals surface area contributed by atoms with Crippen LogP contribution in [0, 0.1) is 20.8 Å². The van der Waals surface area contributed by atoms with Gasteiger partial charge in [-0.05, 0) is 213 Å². The second-order valence-electron chi connectivity index (χ2n) is 23.2. The SMILES string of the molecule is Cc1ccc(C)c(-c2cc3c(c4ccccc24)-c2ccc(-c4ccc(C)cc4-c4cc5c(c6ccccc46)-c4ccc(Nc6ccc7c(c6)C(C)(C)c6cc8ccccc8cc6-7)cc4C5(C)C)cc2C3(C)C)c1. The second-order valence-corrected chi connectivity index (χ2v) is 23.2. The van der Waals surface area contributed by atoms with Gasteiger partial charge in [-0.2, -0.15) is 0 Å². The number of aryl methyl sites for hydroxylation is 3. The van der Waals surface area contributed by atoms with Gasteiger partial charge >= 0.3 is 0 Å². The summed E-state index contributed by atoms with van der Waals surface area (Å²) >= 11 is 0. The van der Waals surface area contributed by atoms with E-state index in [4.69, 9.17) is 0 Å². The van der Waals surface area contributed by atoms with Gasteiger partial charge in [0.25, 0.3) is 0 Å². The van der Waals surface area contributed by atoms with Crippen LogP contribution in [0.2, 0.25) is 0 Å². The lowest BCUT2D eigenvalue weighted by Crippen LogP contribution is -2.16. The highest BCUT2D eigenvalue weighted by Crippen LogP contribution is 2.57. The zero-order valence-electron chi connectivity index (χ0n) is 43.4. The van der Waals surface area contributed by atoms with Crippen molar-refractivity contribution in [3.63, 3.8) is 0 Å². The van der Waals surface area contributed by atoms with Crippen LogP contribution in [0.25, 0.3) is 99.1 Å². The predicted molar refractivity (Wildman–Crippen MR) is 312 cm³/mol. The molecule has 3 aliphatic carbocycles. The number of nitrogens with one attached hydrogen (secondary N) is 1. The van der Waals surface area contributed by atoms with Crippen molar-refractivity contribution >= 4 is 43.7 Å². The molecule has 0 saturated heterocycles. The van der Waals surface area contributed by atoms with Gasteiger partial charge in [0.1, 0.15) is 0 Å². The van der Waals surface area contributed by atoms with E-state index in [-0.39, 0.29) is 16.2 Å². The Hall–Kier alpha value is -8.00. The van der Waals surface area contributed by atoms with Crippen LogP contribution in [0.1, 0.15) is 91.6 Å². The van der Waals surface area contributed by atoms with Crippen molar-refractivity contribution in [3.05, 3.63) is 238 Å². The van der Waals surface area contributed by atoms with Crippen molar-refractivity contribution in [1.29, 1.82) is 0 Å². The Morgan fingerprint density at radius 3 is 1.37 bits per heavy atom. The van der Waals surface area contributed by atoms with E-state index >= 15 is 0 Å². The molecule has 0 radical (unpaired) electrons. The van der Waals surface area contributed by atoms with Gasteiger partial charge in [0, 0.05) is 27.6 Å². The highest BCUT2D eigenvalue weighted by molar-refractivity contribution is 6.12. The van der Waals surface area contributed by atoms with Crippen LogP contribution in [0.3, 0.4) is 0 Å². The number of hydrogen-bond acceptors (Lipinski definition) is 1. The average Bonchev–Trinajstić information content (AvgIpc) is 3.86. The predicted octanol–water partition coefficient (Wildman–Crippen LogP) is 19.7. The summed E-state index contributed by atoms with van der Waals surface area (Å²) in [7, 11) is 0. The molecule has 73 heavy (non-hydrogen) atoms. The lowest BCUT2D eigenvalue weighted by molar-refractivity contribution is 0.661. The van der Waals surface area contributed by atoms with E-state index in [2.05, 4.69) is 256 Å². The van der Waals surface area contributed by atoms with Crippen molar-refractivity contribution in [1.82, 2.24) is 0 Å². The summed E-state index contributed by atoms with van der Waals surface area (Å²) in [4.78, 5) is 0. The topological polar surface area (TPSA) is 12.0 Å². The van der Waals surface area contributed by atoms with Gasteiger partial charge in [0.2, 0.25) is 0 Å². The molecule has 0 aliphatic heterocycles. The van der Waals surface area contributed by atoms with Crippen molar-refractivity contribution in [3.8, 4) is 66.8 Å². The van der Waals surface area contributed by atoms with Crippen LogP contribution in [-0.4, -0.2) is 0 Å². The molecule has 14 rings (SSSR count). The monoisotopic (exact) mass is 937 g/mol. The lowest BCUT2D eigenvalue weighted by atomic mass is 9.78. The Morgan fingerprint density at radius 1 is 0.288 bits per heavy atom. The van der Waals surface area contributed by atoms with E-state index in [0.717, 1.165) is 11.4 Å². The maximum atomic E-state index is 3.88. The fraction of sp³-hybridized carbons (Fsp3) is 0.167. The summed E-state index contributed by atoms with van der Waals surface area (Å²) in [5, 5.41) is 11.7. The summed E-state index contributed by atoms with van der Waals surface area (Å²) in [6.07, 6.45) is 0. The number of anilines is 2. The molecule has 0 unspecified atom stereocenters. The number of fused-ring (bicyclic) bond motifs is 14. The zero-order chi connectivity index (χ0) is 49.9. The minimum atomic E-state index is -0.239. The third-order valence-corrected chi connectivity index (χ3v) is 17.7. The van der Waals surface area contributed by atoms with E-state index in [0.29, 0.717) is 0 Å². The standard InChI is InChI=1S/C72H59N/c1-41-22-24-43(3)57(32-41)59-39-66-68(53-20-14-12-18-50(53)59)55-29-25-46(36-62(55)71(66,6)7)49-28-23-42(2)33-58(49)60-40-67-69(54-21-15-13-19-51(54)60)56-31-27-48(38-65(56)72(67,8)9)73-47-26-30-52-61-34-44-16-10-11-17-45(44)35-63(61)70(4,5)64(52)37-47/h10-40,73H,1-9H3. The van der Waals surface area contributed by atoms with Gasteiger partial charge in [0.05, 0.1) is 0 Å². The van der Waals surface area contributed by atoms with E-state index < -0.39 is 0 Å². The Kier molecular flexibility index (Phi) is 9.15. The van der Waals surface area contributed by atoms with Crippen molar-refractivity contribution < 1.29 is 0 Å². The summed E-state index contributed by atoms with van der Waals surface area (Å²) in [5.74, 6) is 0. The van der Waals surface area contributed by atoms with Crippen LogP contribution in [0.5, 0.6) is 0 Å². The molecule has 0 bridgehead atoms. The molecule has 0 heterocycles. The highest BCUT2D eigenvalue weighted by atomic mass is 14.9. The minimum absolute atomic E-state index is 0.103. The molecule has 1 heteroatoms. The first kappa shape index (κ1) is 43.8. The van der Waals surface area contributed by atoms with Gasteiger partial charge in [-0.3, -0.25) is 0 Å². The molecule has 1 nitrogen and oxygen atoms in total. The van der Waals surface area contributed by atoms with Gasteiger partial charge in [-0.15, -0.1) is 0 Å². The molecular formula is C72H59N.